The average molecular weight is 374 g/mol. The lowest BCUT2D eigenvalue weighted by Gasteiger charge is -2.34. The molecule has 1 aromatic carbocycles. The van der Waals surface area contributed by atoms with E-state index in [0.29, 0.717) is 37.4 Å². The first-order valence-electron chi connectivity index (χ1n) is 9.08. The number of rotatable bonds is 8. The number of piperazine rings is 1. The molecule has 0 radical (unpaired) electrons. The molecule has 27 heavy (non-hydrogen) atoms. The van der Waals surface area contributed by atoms with Crippen molar-refractivity contribution in [3.63, 3.8) is 0 Å². The van der Waals surface area contributed by atoms with Crippen LogP contribution in [0.25, 0.3) is 0 Å². The highest BCUT2D eigenvalue weighted by Gasteiger charge is 2.35. The predicted molar refractivity (Wildman–Crippen MR) is 100 cm³/mol. The summed E-state index contributed by atoms with van der Waals surface area (Å²) in [7, 11) is 0. The third-order valence-electron chi connectivity index (χ3n) is 4.33. The maximum Gasteiger partial charge on any atom is 0.308 e. The van der Waals surface area contributed by atoms with E-state index < -0.39 is 12.0 Å². The van der Waals surface area contributed by atoms with E-state index >= 15 is 0 Å². The minimum Gasteiger partial charge on any atom is -0.490 e. The molecular weight excluding hydrogens is 348 g/mol. The summed E-state index contributed by atoms with van der Waals surface area (Å²) in [5, 5.41) is 2.70. The Morgan fingerprint density at radius 3 is 2.70 bits per heavy atom. The lowest BCUT2D eigenvalue weighted by molar-refractivity contribution is -0.151. The van der Waals surface area contributed by atoms with Crippen LogP contribution in [0.5, 0.6) is 5.75 Å². The Hall–Kier alpha value is -2.83. The van der Waals surface area contributed by atoms with Crippen molar-refractivity contribution in [2.24, 2.45) is 0 Å². The average Bonchev–Trinajstić information content (AvgIpc) is 2.67. The maximum atomic E-state index is 12.9. The standard InChI is InChI=1S/C20H26N2O5/c1-4-12-26-16-8-6-15(7-9-16)20(25)22-11-10-21-19(24)17(22)13-18(23)27-14(3)5-2/h4,6-9,14,17H,1,5,10-13H2,2-3H3,(H,21,24). The SMILES string of the molecule is C=CCOc1ccc(C(=O)N2CCNC(=O)C2CC(=O)OC(C)CC)cc1. The molecule has 2 amide bonds. The Morgan fingerprint density at radius 1 is 1.37 bits per heavy atom. The number of carbonyl (C=O) groups excluding carboxylic acids is 3. The number of hydrogen-bond donors (Lipinski definition) is 1. The van der Waals surface area contributed by atoms with Gasteiger partial charge in [-0.25, -0.2) is 0 Å². The van der Waals surface area contributed by atoms with Crippen molar-refractivity contribution in [1.82, 2.24) is 10.2 Å². The molecule has 2 rings (SSSR count). The number of nitrogens with zero attached hydrogens (tertiary/aromatic N) is 1. The molecule has 1 aliphatic rings. The van der Waals surface area contributed by atoms with Crippen LogP contribution in [0.15, 0.2) is 36.9 Å². The molecule has 7 heteroatoms. The monoisotopic (exact) mass is 374 g/mol. The molecular formula is C20H26N2O5. The molecule has 1 N–H and O–H groups in total. The van der Waals surface area contributed by atoms with Crippen molar-refractivity contribution in [3.8, 4) is 5.75 Å². The van der Waals surface area contributed by atoms with E-state index in [0.717, 1.165) is 0 Å². The largest absolute Gasteiger partial charge is 0.490 e. The summed E-state index contributed by atoms with van der Waals surface area (Å²) >= 11 is 0. The fourth-order valence-electron chi connectivity index (χ4n) is 2.69. The number of carbonyl (C=O) groups is 3. The van der Waals surface area contributed by atoms with Gasteiger partial charge in [0, 0.05) is 18.7 Å². The van der Waals surface area contributed by atoms with Gasteiger partial charge in [-0.2, -0.15) is 0 Å². The Kier molecular flexibility index (Phi) is 7.40. The fourth-order valence-corrected chi connectivity index (χ4v) is 2.69. The number of esters is 1. The number of benzene rings is 1. The van der Waals surface area contributed by atoms with Crippen molar-refractivity contribution < 1.29 is 23.9 Å². The summed E-state index contributed by atoms with van der Waals surface area (Å²) in [6.07, 6.45) is 1.93. The normalized spacial score (nSPS) is 17.6. The van der Waals surface area contributed by atoms with E-state index in [1.165, 1.54) is 4.90 Å². The molecule has 0 aromatic heterocycles. The van der Waals surface area contributed by atoms with Gasteiger partial charge in [-0.05, 0) is 37.6 Å². The molecule has 146 valence electrons. The van der Waals surface area contributed by atoms with E-state index in [2.05, 4.69) is 11.9 Å². The Balaban J connectivity index is 2.10. The van der Waals surface area contributed by atoms with Gasteiger partial charge in [0.15, 0.2) is 0 Å². The molecule has 1 aliphatic heterocycles. The smallest absolute Gasteiger partial charge is 0.308 e. The Morgan fingerprint density at radius 2 is 2.07 bits per heavy atom. The third-order valence-corrected chi connectivity index (χ3v) is 4.33. The van der Waals surface area contributed by atoms with Crippen LogP contribution in [0.2, 0.25) is 0 Å². The van der Waals surface area contributed by atoms with Gasteiger partial charge in [-0.15, -0.1) is 0 Å². The van der Waals surface area contributed by atoms with Crippen LogP contribution in [0.3, 0.4) is 0 Å². The highest BCUT2D eigenvalue weighted by Crippen LogP contribution is 2.18. The Labute approximate surface area is 159 Å². The van der Waals surface area contributed by atoms with Crippen molar-refractivity contribution in [3.05, 3.63) is 42.5 Å². The zero-order chi connectivity index (χ0) is 19.8. The molecule has 0 saturated carbocycles. The number of ether oxygens (including phenoxy) is 2. The van der Waals surface area contributed by atoms with Gasteiger partial charge in [0.1, 0.15) is 18.4 Å². The van der Waals surface area contributed by atoms with Gasteiger partial charge in [-0.1, -0.05) is 19.6 Å². The first kappa shape index (κ1) is 20.5. The molecule has 2 atom stereocenters. The van der Waals surface area contributed by atoms with E-state index in [9.17, 15) is 14.4 Å². The lowest BCUT2D eigenvalue weighted by atomic mass is 10.1. The van der Waals surface area contributed by atoms with Crippen LogP contribution in [0, 0.1) is 0 Å². The van der Waals surface area contributed by atoms with Gasteiger partial charge in [-0.3, -0.25) is 14.4 Å². The second kappa shape index (κ2) is 9.75. The first-order valence-corrected chi connectivity index (χ1v) is 9.08. The van der Waals surface area contributed by atoms with Crippen molar-refractivity contribution in [1.29, 1.82) is 0 Å². The minimum atomic E-state index is -0.875. The zero-order valence-electron chi connectivity index (χ0n) is 15.8. The van der Waals surface area contributed by atoms with E-state index in [1.54, 1.807) is 37.3 Å². The van der Waals surface area contributed by atoms with Crippen LogP contribution in [0.4, 0.5) is 0 Å². The highest BCUT2D eigenvalue weighted by atomic mass is 16.5. The van der Waals surface area contributed by atoms with Crippen molar-refractivity contribution >= 4 is 17.8 Å². The topological polar surface area (TPSA) is 84.9 Å². The summed E-state index contributed by atoms with van der Waals surface area (Å²) in [5.41, 5.74) is 0.427. The summed E-state index contributed by atoms with van der Waals surface area (Å²) in [5.74, 6) is -0.517. The van der Waals surface area contributed by atoms with Gasteiger partial charge in [0.05, 0.1) is 12.5 Å². The molecule has 0 spiro atoms. The third kappa shape index (κ3) is 5.57. The Bertz CT molecular complexity index is 686. The predicted octanol–water partition coefficient (Wildman–Crippen LogP) is 1.92. The quantitative estimate of drug-likeness (QED) is 0.555. The van der Waals surface area contributed by atoms with Crippen LogP contribution < -0.4 is 10.1 Å². The summed E-state index contributed by atoms with van der Waals surface area (Å²) in [4.78, 5) is 38.7. The summed E-state index contributed by atoms with van der Waals surface area (Å²) < 4.78 is 10.7. The van der Waals surface area contributed by atoms with Gasteiger partial charge in [0.2, 0.25) is 5.91 Å². The van der Waals surface area contributed by atoms with Crippen LogP contribution in [-0.2, 0) is 14.3 Å². The zero-order valence-corrected chi connectivity index (χ0v) is 15.8. The van der Waals surface area contributed by atoms with Crippen LogP contribution in [0.1, 0.15) is 37.0 Å². The molecule has 1 saturated heterocycles. The number of hydrogen-bond acceptors (Lipinski definition) is 5. The molecule has 1 heterocycles. The van der Waals surface area contributed by atoms with Gasteiger partial charge < -0.3 is 19.7 Å². The molecule has 1 aromatic rings. The second-order valence-corrected chi connectivity index (χ2v) is 6.34. The fraction of sp³-hybridized carbons (Fsp3) is 0.450. The minimum absolute atomic E-state index is 0.164. The molecule has 0 bridgehead atoms. The molecule has 1 fully saturated rings. The molecule has 7 nitrogen and oxygen atoms in total. The summed E-state index contributed by atoms with van der Waals surface area (Å²) in [6.45, 7) is 8.34. The highest BCUT2D eigenvalue weighted by molar-refractivity contribution is 5.99. The first-order chi connectivity index (χ1) is 13.0. The van der Waals surface area contributed by atoms with Crippen LogP contribution in [-0.4, -0.2) is 54.5 Å². The van der Waals surface area contributed by atoms with E-state index in [-0.39, 0.29) is 24.3 Å². The summed E-state index contributed by atoms with van der Waals surface area (Å²) in [6, 6.07) is 5.78. The lowest BCUT2D eigenvalue weighted by Crippen LogP contribution is -2.57. The van der Waals surface area contributed by atoms with E-state index in [1.807, 2.05) is 6.92 Å². The van der Waals surface area contributed by atoms with Crippen molar-refractivity contribution in [2.45, 2.75) is 38.8 Å². The van der Waals surface area contributed by atoms with Gasteiger partial charge in [0.25, 0.3) is 5.91 Å². The van der Waals surface area contributed by atoms with Crippen LogP contribution >= 0.6 is 0 Å². The van der Waals surface area contributed by atoms with Gasteiger partial charge >= 0.3 is 5.97 Å². The second-order valence-electron chi connectivity index (χ2n) is 6.34. The van der Waals surface area contributed by atoms with E-state index in [4.69, 9.17) is 9.47 Å². The van der Waals surface area contributed by atoms with Crippen molar-refractivity contribution in [2.75, 3.05) is 19.7 Å². The molecule has 0 aliphatic carbocycles. The molecule has 2 unspecified atom stereocenters. The maximum absolute atomic E-state index is 12.9. The number of amides is 2. The number of nitrogens with one attached hydrogen (secondary N) is 1.